The van der Waals surface area contributed by atoms with Gasteiger partial charge in [-0.05, 0) is 17.6 Å². The van der Waals surface area contributed by atoms with Gasteiger partial charge in [-0.3, -0.25) is 18.9 Å². The number of fused-ring (bicyclic) bond motifs is 2. The van der Waals surface area contributed by atoms with Crippen molar-refractivity contribution in [1.29, 1.82) is 0 Å². The van der Waals surface area contributed by atoms with E-state index >= 15 is 0 Å². The molecular formula is C16H16BN5O9PS-. The van der Waals surface area contributed by atoms with E-state index in [2.05, 4.69) is 19.5 Å². The topological polar surface area (TPSA) is 218 Å². The van der Waals surface area contributed by atoms with Crippen molar-refractivity contribution in [3.63, 3.8) is 0 Å². The number of aromatic nitrogens is 4. The van der Waals surface area contributed by atoms with Gasteiger partial charge in [0.2, 0.25) is 5.95 Å². The van der Waals surface area contributed by atoms with Gasteiger partial charge >= 0.3 is 7.12 Å². The van der Waals surface area contributed by atoms with E-state index in [9.17, 15) is 29.4 Å². The molecule has 0 radical (unpaired) electrons. The Kier molecular flexibility index (Phi) is 5.59. The predicted octanol–water partition coefficient (Wildman–Crippen LogP) is -2.33. The summed E-state index contributed by atoms with van der Waals surface area (Å²) in [6.07, 6.45) is -4.82. The Labute approximate surface area is 189 Å². The molecule has 0 saturated carbocycles. The lowest BCUT2D eigenvalue weighted by Crippen LogP contribution is -2.41. The number of rotatable bonds is 4. The molecule has 0 aliphatic carbocycles. The Morgan fingerprint density at radius 3 is 2.73 bits per heavy atom. The van der Waals surface area contributed by atoms with Crippen LogP contribution in [0, 0.1) is 0 Å². The van der Waals surface area contributed by atoms with Crippen molar-refractivity contribution in [3.8, 4) is 0 Å². The maximum absolute atomic E-state index is 12.4. The van der Waals surface area contributed by atoms with Gasteiger partial charge < -0.3 is 39.6 Å². The van der Waals surface area contributed by atoms with Crippen molar-refractivity contribution in [2.75, 3.05) is 12.3 Å². The first-order valence-corrected chi connectivity index (χ1v) is 11.8. The minimum Gasteiger partial charge on any atom is -0.756 e. The number of benzene rings is 1. The largest absolute Gasteiger partial charge is 0.756 e. The third-order valence-electron chi connectivity index (χ3n) is 5.14. The van der Waals surface area contributed by atoms with Crippen molar-refractivity contribution in [2.24, 2.45) is 0 Å². The highest BCUT2D eigenvalue weighted by Gasteiger charge is 2.51. The molecule has 14 nitrogen and oxygen atoms in total. The Morgan fingerprint density at radius 1 is 1.30 bits per heavy atom. The van der Waals surface area contributed by atoms with Crippen LogP contribution in [0.4, 0.5) is 5.95 Å². The number of nitrogen functional groups attached to an aromatic ring is 1. The van der Waals surface area contributed by atoms with Crippen LogP contribution in [0.3, 0.4) is 0 Å². The van der Waals surface area contributed by atoms with E-state index in [1.54, 1.807) is 12.1 Å². The zero-order chi connectivity index (χ0) is 23.5. The number of aromatic amines is 1. The number of imidazole rings is 1. The molecule has 33 heavy (non-hydrogen) atoms. The summed E-state index contributed by atoms with van der Waals surface area (Å²) >= 11 is 1.07. The predicted molar refractivity (Wildman–Crippen MR) is 111 cm³/mol. The lowest BCUT2D eigenvalue weighted by molar-refractivity contribution is -0.245. The number of aliphatic hydroxyl groups excluding tert-OH is 1. The van der Waals surface area contributed by atoms with Gasteiger partial charge in [0.15, 0.2) is 22.5 Å². The minimum absolute atomic E-state index is 0.00933. The molecule has 3 unspecified atom stereocenters. The summed E-state index contributed by atoms with van der Waals surface area (Å²) in [7, 11) is -6.23. The summed E-state index contributed by atoms with van der Waals surface area (Å²) in [6, 6.07) is 6.20. The van der Waals surface area contributed by atoms with E-state index in [0.29, 0.717) is 4.90 Å². The number of hydrogen-bond acceptors (Lipinski definition) is 13. The molecule has 5 atom stereocenters. The Morgan fingerprint density at radius 2 is 2.03 bits per heavy atom. The zero-order valence-electron chi connectivity index (χ0n) is 16.5. The van der Waals surface area contributed by atoms with E-state index in [1.807, 2.05) is 0 Å². The molecular weight excluding hydrogens is 480 g/mol. The Balaban J connectivity index is 1.58. The number of nitrogens with zero attached hydrogens (tertiary/aromatic N) is 3. The summed E-state index contributed by atoms with van der Waals surface area (Å²) in [6.45, 7) is -0.352. The first-order chi connectivity index (χ1) is 15.6. The van der Waals surface area contributed by atoms with Crippen LogP contribution in [0.1, 0.15) is 6.23 Å². The number of phosphoric ester groups is 1. The van der Waals surface area contributed by atoms with Crippen LogP contribution in [0.5, 0.6) is 0 Å². The molecule has 0 bridgehead atoms. The summed E-state index contributed by atoms with van der Waals surface area (Å²) in [5.41, 5.74) is 5.28. The third kappa shape index (κ3) is 4.10. The maximum atomic E-state index is 12.4. The fourth-order valence-electron chi connectivity index (χ4n) is 3.64. The number of aliphatic hydroxyl groups is 1. The van der Waals surface area contributed by atoms with Crippen LogP contribution in [0.2, 0.25) is 0 Å². The summed E-state index contributed by atoms with van der Waals surface area (Å²) < 4.78 is 28.4. The smallest absolute Gasteiger partial charge is 0.488 e. The molecule has 2 saturated heterocycles. The number of ether oxygens (including phenoxy) is 1. The van der Waals surface area contributed by atoms with Crippen LogP contribution in [0.25, 0.3) is 11.2 Å². The monoisotopic (exact) mass is 496 g/mol. The van der Waals surface area contributed by atoms with Crippen LogP contribution in [-0.4, -0.2) is 66.7 Å². The van der Waals surface area contributed by atoms with Gasteiger partial charge in [-0.1, -0.05) is 23.9 Å². The first-order valence-electron chi connectivity index (χ1n) is 9.52. The van der Waals surface area contributed by atoms with E-state index in [4.69, 9.17) is 15.0 Å². The van der Waals surface area contributed by atoms with E-state index in [-0.39, 0.29) is 34.3 Å². The molecule has 6 N–H and O–H groups in total. The molecule has 2 aliphatic rings. The van der Waals surface area contributed by atoms with Crippen molar-refractivity contribution in [3.05, 3.63) is 34.6 Å². The number of nitrogens with two attached hydrogens (primary N) is 1. The highest BCUT2D eigenvalue weighted by atomic mass is 32.2. The molecule has 2 aromatic heterocycles. The number of H-pyrrole nitrogens is 1. The Bertz CT molecular complexity index is 1320. The minimum atomic E-state index is -4.59. The van der Waals surface area contributed by atoms with Crippen molar-refractivity contribution >= 4 is 49.3 Å². The van der Waals surface area contributed by atoms with Crippen molar-refractivity contribution < 1.29 is 38.4 Å². The van der Waals surface area contributed by atoms with Gasteiger partial charge in [0.05, 0.1) is 6.61 Å². The summed E-state index contributed by atoms with van der Waals surface area (Å²) in [5.74, 6) is -0.194. The lowest BCUT2D eigenvalue weighted by Gasteiger charge is -2.34. The highest BCUT2D eigenvalue weighted by molar-refractivity contribution is 7.99. The van der Waals surface area contributed by atoms with Crippen LogP contribution >= 0.6 is 19.6 Å². The molecule has 4 heterocycles. The van der Waals surface area contributed by atoms with Gasteiger partial charge in [-0.25, -0.2) is 4.98 Å². The standard InChI is InChI=1S/C16H17BN5O9PS/c18-15-20-12-9(13(24)21-15)19-16(33-7-3-1-6(2-4-7)17(25)26)22(12)14-10(23)11-8(30-14)5-29-32(27,28)31-11/h1-4,8,10-11,14,23,25-26H,5H2,(H,27,28)(H3,18,20,21,24)/p-1/t8?,10?,11-,14-/m1/s1. The quantitative estimate of drug-likeness (QED) is 0.189. The van der Waals surface area contributed by atoms with E-state index < -0.39 is 45.0 Å². The van der Waals surface area contributed by atoms with Crippen molar-refractivity contribution in [1.82, 2.24) is 19.5 Å². The second-order valence-corrected chi connectivity index (χ2v) is 9.71. The molecule has 3 aromatic rings. The molecule has 17 heteroatoms. The maximum Gasteiger partial charge on any atom is 0.488 e. The van der Waals surface area contributed by atoms with Crippen LogP contribution in [0.15, 0.2) is 39.1 Å². The number of anilines is 1. The van der Waals surface area contributed by atoms with Gasteiger partial charge in [0, 0.05) is 4.90 Å². The van der Waals surface area contributed by atoms with Gasteiger partial charge in [0.1, 0.15) is 18.3 Å². The normalized spacial score (nSPS) is 29.3. The number of phosphoric acid groups is 1. The molecule has 0 spiro atoms. The third-order valence-corrected chi connectivity index (χ3v) is 7.08. The van der Waals surface area contributed by atoms with E-state index in [0.717, 1.165) is 11.8 Å². The zero-order valence-corrected chi connectivity index (χ0v) is 18.2. The fraction of sp³-hybridized carbons (Fsp3) is 0.312. The average molecular weight is 496 g/mol. The summed E-state index contributed by atoms with van der Waals surface area (Å²) in [4.78, 5) is 35.5. The van der Waals surface area contributed by atoms with Crippen molar-refractivity contribution in [2.45, 2.75) is 34.6 Å². The SMILES string of the molecule is Nc1nc2c(nc(Sc3ccc(B(O)O)cc3)n2[C@@H]2OC3COP(=O)([O-])O[C@H]3C2O)c(=O)[nH]1. The number of hydrogen-bond donors (Lipinski definition) is 5. The first kappa shape index (κ1) is 22.5. The Hall–Kier alpha value is -2.27. The van der Waals surface area contributed by atoms with Gasteiger partial charge in [0.25, 0.3) is 13.4 Å². The fourth-order valence-corrected chi connectivity index (χ4v) is 5.49. The van der Waals surface area contributed by atoms with Gasteiger partial charge in [-0.2, -0.15) is 4.98 Å². The average Bonchev–Trinajstić information content (AvgIpc) is 3.25. The highest BCUT2D eigenvalue weighted by Crippen LogP contribution is 2.50. The second kappa shape index (κ2) is 8.20. The van der Waals surface area contributed by atoms with Gasteiger partial charge in [-0.15, -0.1) is 0 Å². The molecule has 2 fully saturated rings. The molecule has 1 aromatic carbocycles. The van der Waals surface area contributed by atoms with Crippen LogP contribution < -0.4 is 21.6 Å². The summed E-state index contributed by atoms with van der Waals surface area (Å²) in [5, 5.41) is 29.6. The molecule has 2 aliphatic heterocycles. The van der Waals surface area contributed by atoms with Crippen LogP contribution in [-0.2, 0) is 18.3 Å². The second-order valence-electron chi connectivity index (χ2n) is 7.30. The number of nitrogens with one attached hydrogen (secondary N) is 1. The molecule has 0 amide bonds. The lowest BCUT2D eigenvalue weighted by atomic mass is 9.81. The molecule has 174 valence electrons. The van der Waals surface area contributed by atoms with E-state index in [1.165, 1.54) is 16.7 Å². The molecule has 5 rings (SSSR count).